The first kappa shape index (κ1) is 16.5. The minimum Gasteiger partial charge on any atom is -0.326 e. The third-order valence-electron chi connectivity index (χ3n) is 3.24. The summed E-state index contributed by atoms with van der Waals surface area (Å²) in [4.78, 5) is 16.3. The average Bonchev–Trinajstić information content (AvgIpc) is 3.04. The van der Waals surface area contributed by atoms with Crippen LogP contribution in [0.4, 0.5) is 5.69 Å². The molecule has 0 unspecified atom stereocenters. The van der Waals surface area contributed by atoms with Gasteiger partial charge in [0, 0.05) is 22.9 Å². The van der Waals surface area contributed by atoms with E-state index in [1.54, 1.807) is 24.5 Å². The van der Waals surface area contributed by atoms with Crippen molar-refractivity contribution >= 4 is 35.0 Å². The summed E-state index contributed by atoms with van der Waals surface area (Å²) in [6.07, 6.45) is 2.03. The van der Waals surface area contributed by atoms with E-state index in [4.69, 9.17) is 11.6 Å². The number of benzene rings is 2. The number of carbonyl (C=O) groups excluding carboxylic acids is 1. The van der Waals surface area contributed by atoms with Crippen molar-refractivity contribution in [3.05, 3.63) is 65.9 Å². The Kier molecular flexibility index (Phi) is 5.51. The van der Waals surface area contributed by atoms with Crippen LogP contribution in [0.5, 0.6) is 0 Å². The van der Waals surface area contributed by atoms with Crippen molar-refractivity contribution < 1.29 is 9.48 Å². The fourth-order valence-electron chi connectivity index (χ4n) is 2.14. The molecule has 0 saturated heterocycles. The topological polar surface area (TPSA) is 61.7 Å². The highest BCUT2D eigenvalue weighted by Gasteiger charge is 2.17. The number of aromatic amines is 1. The van der Waals surface area contributed by atoms with Gasteiger partial charge in [0.05, 0.1) is 0 Å². The second kappa shape index (κ2) is 7.99. The minimum absolute atomic E-state index is 0.0495. The quantitative estimate of drug-likeness (QED) is 0.523. The lowest BCUT2D eigenvalue weighted by Crippen LogP contribution is -2.34. The number of carbonyl (C=O) groups is 1. The molecule has 5 nitrogen and oxygen atoms in total. The number of amides is 1. The highest BCUT2D eigenvalue weighted by Crippen LogP contribution is 2.16. The zero-order chi connectivity index (χ0) is 16.8. The van der Waals surface area contributed by atoms with Crippen LogP contribution in [-0.4, -0.2) is 21.7 Å². The molecule has 3 rings (SSSR count). The number of hydrogen-bond donors (Lipinski definition) is 2. The number of nitrogens with zero attached hydrogens (tertiary/aromatic N) is 2. The Labute approximate surface area is 149 Å². The smallest absolute Gasteiger partial charge is 0.326 e. The first-order valence-corrected chi connectivity index (χ1v) is 8.78. The van der Waals surface area contributed by atoms with Crippen LogP contribution in [0.3, 0.4) is 0 Å². The maximum absolute atomic E-state index is 12.0. The van der Waals surface area contributed by atoms with Crippen molar-refractivity contribution in [2.24, 2.45) is 0 Å². The molecule has 2 aromatic carbocycles. The van der Waals surface area contributed by atoms with E-state index in [0.717, 1.165) is 10.8 Å². The molecule has 1 amide bonds. The van der Waals surface area contributed by atoms with Gasteiger partial charge in [0.2, 0.25) is 12.2 Å². The predicted molar refractivity (Wildman–Crippen MR) is 95.5 cm³/mol. The molecule has 0 aliphatic carbocycles. The van der Waals surface area contributed by atoms with Gasteiger partial charge in [-0.1, -0.05) is 35.9 Å². The van der Waals surface area contributed by atoms with Crippen LogP contribution in [0.1, 0.15) is 6.42 Å². The molecule has 0 aliphatic heterocycles. The molecule has 0 spiro atoms. The molecule has 2 N–H and O–H groups in total. The number of thioether (sulfide) groups is 1. The third-order valence-corrected chi connectivity index (χ3v) is 4.43. The van der Waals surface area contributed by atoms with Gasteiger partial charge in [0.1, 0.15) is 0 Å². The Morgan fingerprint density at radius 1 is 1.21 bits per heavy atom. The number of nitrogens with one attached hydrogen (secondary N) is 2. The normalized spacial score (nSPS) is 10.5. The van der Waals surface area contributed by atoms with E-state index in [9.17, 15) is 4.79 Å². The number of halogens is 1. The molecule has 0 atom stereocenters. The van der Waals surface area contributed by atoms with Crippen LogP contribution in [0.25, 0.3) is 5.69 Å². The van der Waals surface area contributed by atoms with Gasteiger partial charge in [0.25, 0.3) is 0 Å². The van der Waals surface area contributed by atoms with Crippen LogP contribution in [0, 0.1) is 0 Å². The Morgan fingerprint density at radius 2 is 2.04 bits per heavy atom. The highest BCUT2D eigenvalue weighted by molar-refractivity contribution is 7.99. The molecule has 0 saturated carbocycles. The number of para-hydroxylation sites is 1. The summed E-state index contributed by atoms with van der Waals surface area (Å²) in [6.45, 7) is 0. The molecule has 7 heteroatoms. The van der Waals surface area contributed by atoms with E-state index < -0.39 is 0 Å². The van der Waals surface area contributed by atoms with Gasteiger partial charge in [0.15, 0.2) is 5.69 Å². The molecule has 0 aliphatic rings. The van der Waals surface area contributed by atoms with Gasteiger partial charge < -0.3 is 5.32 Å². The Morgan fingerprint density at radius 3 is 2.83 bits per heavy atom. The first-order chi connectivity index (χ1) is 11.7. The van der Waals surface area contributed by atoms with Crippen molar-refractivity contribution in [2.75, 3.05) is 11.1 Å². The molecular formula is C17H16ClN4OS+. The molecule has 122 valence electrons. The van der Waals surface area contributed by atoms with Gasteiger partial charge in [-0.3, -0.25) is 4.79 Å². The van der Waals surface area contributed by atoms with Crippen molar-refractivity contribution in [2.45, 2.75) is 11.6 Å². The van der Waals surface area contributed by atoms with Crippen LogP contribution in [0.15, 0.2) is 66.1 Å². The summed E-state index contributed by atoms with van der Waals surface area (Å²) in [5.41, 5.74) is 1.71. The second-order valence-electron chi connectivity index (χ2n) is 5.00. The largest absolute Gasteiger partial charge is 0.385 e. The molecule has 0 radical (unpaired) electrons. The first-order valence-electron chi connectivity index (χ1n) is 7.41. The van der Waals surface area contributed by atoms with E-state index >= 15 is 0 Å². The predicted octanol–water partition coefficient (Wildman–Crippen LogP) is 3.46. The SMILES string of the molecule is O=C(CCSc1nc[nH][n+]1-c1ccccc1)Nc1cccc(Cl)c1. The van der Waals surface area contributed by atoms with Crippen LogP contribution < -0.4 is 10.00 Å². The fourth-order valence-corrected chi connectivity index (χ4v) is 3.22. The monoisotopic (exact) mass is 359 g/mol. The fraction of sp³-hybridized carbons (Fsp3) is 0.118. The second-order valence-corrected chi connectivity index (χ2v) is 6.50. The lowest BCUT2D eigenvalue weighted by molar-refractivity contribution is -0.694. The van der Waals surface area contributed by atoms with E-state index in [1.807, 2.05) is 41.1 Å². The molecule has 24 heavy (non-hydrogen) atoms. The minimum atomic E-state index is -0.0495. The number of H-pyrrole nitrogens is 1. The van der Waals surface area contributed by atoms with Gasteiger partial charge in [-0.2, -0.15) is 5.10 Å². The standard InChI is InChI=1S/C17H15ClN4OS/c18-13-5-4-6-14(11-13)21-16(23)9-10-24-17-19-12-20-22(17)15-7-2-1-3-8-15/h1-8,11-12H,9-10H2,(H,21,23)/p+1. The lowest BCUT2D eigenvalue weighted by atomic mass is 10.3. The lowest BCUT2D eigenvalue weighted by Gasteiger charge is -2.04. The summed E-state index contributed by atoms with van der Waals surface area (Å²) >= 11 is 7.43. The Balaban J connectivity index is 1.54. The molecule has 0 bridgehead atoms. The van der Waals surface area contributed by atoms with E-state index in [0.29, 0.717) is 22.9 Å². The Hall–Kier alpha value is -2.31. The number of aromatic nitrogens is 3. The number of anilines is 1. The zero-order valence-electron chi connectivity index (χ0n) is 12.8. The average molecular weight is 360 g/mol. The van der Waals surface area contributed by atoms with Crippen molar-refractivity contribution in [3.63, 3.8) is 0 Å². The summed E-state index contributed by atoms with van der Waals surface area (Å²) in [7, 11) is 0. The summed E-state index contributed by atoms with van der Waals surface area (Å²) < 4.78 is 1.89. The summed E-state index contributed by atoms with van der Waals surface area (Å²) in [5.74, 6) is 0.580. The molecule has 1 aromatic heterocycles. The van der Waals surface area contributed by atoms with Gasteiger partial charge in [-0.25, -0.2) is 0 Å². The van der Waals surface area contributed by atoms with Crippen molar-refractivity contribution in [1.29, 1.82) is 0 Å². The molecule has 0 fully saturated rings. The third kappa shape index (κ3) is 4.37. The van der Waals surface area contributed by atoms with Crippen LogP contribution in [-0.2, 0) is 4.79 Å². The van der Waals surface area contributed by atoms with Crippen LogP contribution >= 0.6 is 23.4 Å². The molecule has 3 aromatic rings. The molecule has 1 heterocycles. The highest BCUT2D eigenvalue weighted by atomic mass is 35.5. The van der Waals surface area contributed by atoms with Crippen molar-refractivity contribution in [3.8, 4) is 5.69 Å². The molecular weight excluding hydrogens is 344 g/mol. The van der Waals surface area contributed by atoms with Crippen LogP contribution in [0.2, 0.25) is 5.02 Å². The van der Waals surface area contributed by atoms with Gasteiger partial charge in [-0.15, -0.1) is 4.68 Å². The van der Waals surface area contributed by atoms with Gasteiger partial charge >= 0.3 is 5.16 Å². The zero-order valence-corrected chi connectivity index (χ0v) is 14.3. The summed E-state index contributed by atoms with van der Waals surface area (Å²) in [5, 5.41) is 7.33. The maximum atomic E-state index is 12.0. The van der Waals surface area contributed by atoms with Crippen molar-refractivity contribution in [1.82, 2.24) is 10.1 Å². The van der Waals surface area contributed by atoms with E-state index in [1.165, 1.54) is 11.8 Å². The maximum Gasteiger partial charge on any atom is 0.385 e. The van der Waals surface area contributed by atoms with E-state index in [-0.39, 0.29) is 5.91 Å². The van der Waals surface area contributed by atoms with Gasteiger partial charge in [-0.05, 0) is 47.1 Å². The summed E-state index contributed by atoms with van der Waals surface area (Å²) in [6, 6.07) is 17.0. The number of rotatable bonds is 6. The van der Waals surface area contributed by atoms with E-state index in [2.05, 4.69) is 15.4 Å². The Bertz CT molecular complexity index is 822. The number of hydrogen-bond acceptors (Lipinski definition) is 3.